The van der Waals surface area contributed by atoms with E-state index in [1.807, 2.05) is 30.3 Å². The molecule has 0 unspecified atom stereocenters. The van der Waals surface area contributed by atoms with Crippen molar-refractivity contribution in [2.75, 3.05) is 4.90 Å². The van der Waals surface area contributed by atoms with Crippen molar-refractivity contribution in [1.29, 1.82) is 10.5 Å². The van der Waals surface area contributed by atoms with E-state index in [1.54, 1.807) is 22.7 Å². The molecule has 0 atom stereocenters. The zero-order valence-electron chi connectivity index (χ0n) is 19.5. The summed E-state index contributed by atoms with van der Waals surface area (Å²) in [6, 6.07) is 39.9. The van der Waals surface area contributed by atoms with Gasteiger partial charge in [0.1, 0.15) is 0 Å². The van der Waals surface area contributed by atoms with Crippen molar-refractivity contribution in [3.8, 4) is 12.1 Å². The molecular weight excluding hydrogens is 491 g/mol. The van der Waals surface area contributed by atoms with Gasteiger partial charge >= 0.3 is 0 Å². The standard InChI is InChI=1S/C32H17N3S2/c33-18-20-6-10-25-27-12-8-23(16-31(27)36-29(25)14-20)35(22-4-2-1-3-5-22)24-9-13-28-26-11-7-21(19-34)15-30(26)37-32(28)17-24/h1-17H. The summed E-state index contributed by atoms with van der Waals surface area (Å²) < 4.78 is 4.63. The van der Waals surface area contributed by atoms with Crippen molar-refractivity contribution >= 4 is 80.1 Å². The average molecular weight is 508 g/mol. The molecule has 0 aliphatic heterocycles. The third-order valence-electron chi connectivity index (χ3n) is 6.70. The van der Waals surface area contributed by atoms with Crippen LogP contribution in [-0.4, -0.2) is 0 Å². The van der Waals surface area contributed by atoms with Crippen molar-refractivity contribution in [3.05, 3.63) is 114 Å². The van der Waals surface area contributed by atoms with E-state index in [0.717, 1.165) is 26.5 Å². The Morgan fingerprint density at radius 1 is 0.459 bits per heavy atom. The zero-order valence-corrected chi connectivity index (χ0v) is 21.1. The highest BCUT2D eigenvalue weighted by Gasteiger charge is 2.16. The number of nitrogens with zero attached hydrogens (tertiary/aromatic N) is 3. The lowest BCUT2D eigenvalue weighted by molar-refractivity contribution is 1.30. The maximum atomic E-state index is 9.32. The molecule has 0 bridgehead atoms. The van der Waals surface area contributed by atoms with Crippen LogP contribution in [0.25, 0.3) is 40.3 Å². The van der Waals surface area contributed by atoms with Gasteiger partial charge in [-0.15, -0.1) is 22.7 Å². The summed E-state index contributed by atoms with van der Waals surface area (Å²) in [5.41, 5.74) is 4.62. The van der Waals surface area contributed by atoms with E-state index in [0.29, 0.717) is 11.1 Å². The summed E-state index contributed by atoms with van der Waals surface area (Å²) >= 11 is 3.44. The van der Waals surface area contributed by atoms with Gasteiger partial charge < -0.3 is 4.90 Å². The molecule has 0 saturated heterocycles. The third kappa shape index (κ3) is 3.53. The second-order valence-electron chi connectivity index (χ2n) is 8.88. The van der Waals surface area contributed by atoms with Gasteiger partial charge in [0, 0.05) is 57.4 Å². The van der Waals surface area contributed by atoms with Crippen LogP contribution in [0.1, 0.15) is 11.1 Å². The van der Waals surface area contributed by atoms with Gasteiger partial charge in [-0.2, -0.15) is 10.5 Å². The number of fused-ring (bicyclic) bond motifs is 6. The number of nitriles is 2. The molecule has 7 aromatic rings. The van der Waals surface area contributed by atoms with Crippen LogP contribution >= 0.6 is 22.7 Å². The fraction of sp³-hybridized carbons (Fsp3) is 0. The fourth-order valence-electron chi connectivity index (χ4n) is 4.97. The van der Waals surface area contributed by atoms with Crippen molar-refractivity contribution in [1.82, 2.24) is 0 Å². The lowest BCUT2D eigenvalue weighted by Gasteiger charge is -2.25. The van der Waals surface area contributed by atoms with Gasteiger partial charge in [0.25, 0.3) is 0 Å². The maximum absolute atomic E-state index is 9.32. The Kier molecular flexibility index (Phi) is 4.94. The Morgan fingerprint density at radius 3 is 1.35 bits per heavy atom. The smallest absolute Gasteiger partial charge is 0.0992 e. The van der Waals surface area contributed by atoms with Gasteiger partial charge in [-0.05, 0) is 60.7 Å². The van der Waals surface area contributed by atoms with E-state index in [-0.39, 0.29) is 0 Å². The minimum absolute atomic E-state index is 0.684. The van der Waals surface area contributed by atoms with Gasteiger partial charge in [0.2, 0.25) is 0 Å². The summed E-state index contributed by atoms with van der Waals surface area (Å²) in [7, 11) is 0. The number of para-hydroxylation sites is 1. The first-order valence-electron chi connectivity index (χ1n) is 11.8. The quantitative estimate of drug-likeness (QED) is 0.239. The molecular formula is C32H17N3S2. The third-order valence-corrected chi connectivity index (χ3v) is 8.93. The van der Waals surface area contributed by atoms with E-state index >= 15 is 0 Å². The van der Waals surface area contributed by atoms with Gasteiger partial charge in [-0.3, -0.25) is 0 Å². The van der Waals surface area contributed by atoms with E-state index in [4.69, 9.17) is 0 Å². The highest BCUT2D eigenvalue weighted by Crippen LogP contribution is 2.43. The monoisotopic (exact) mass is 507 g/mol. The zero-order chi connectivity index (χ0) is 24.9. The number of hydrogen-bond donors (Lipinski definition) is 0. The Balaban J connectivity index is 1.42. The molecule has 37 heavy (non-hydrogen) atoms. The Bertz CT molecular complexity index is 1940. The maximum Gasteiger partial charge on any atom is 0.0992 e. The van der Waals surface area contributed by atoms with Crippen molar-refractivity contribution in [2.24, 2.45) is 0 Å². The van der Waals surface area contributed by atoms with Crippen molar-refractivity contribution in [3.63, 3.8) is 0 Å². The normalized spacial score (nSPS) is 11.2. The summed E-state index contributed by atoms with van der Waals surface area (Å²) in [4.78, 5) is 2.29. The molecule has 5 heteroatoms. The van der Waals surface area contributed by atoms with Crippen LogP contribution < -0.4 is 4.90 Å². The van der Waals surface area contributed by atoms with Gasteiger partial charge in [-0.25, -0.2) is 0 Å². The first kappa shape index (κ1) is 21.6. The SMILES string of the molecule is N#Cc1ccc2c(c1)sc1cc(N(c3ccccc3)c3ccc4c(c3)sc3cc(C#N)ccc34)ccc12. The Morgan fingerprint density at radius 2 is 0.892 bits per heavy atom. The molecule has 172 valence electrons. The Hall–Kier alpha value is -4.68. The van der Waals surface area contributed by atoms with E-state index in [1.165, 1.54) is 30.9 Å². The van der Waals surface area contributed by atoms with Gasteiger partial charge in [0.15, 0.2) is 0 Å². The molecule has 0 spiro atoms. The summed E-state index contributed by atoms with van der Waals surface area (Å²) in [5.74, 6) is 0. The number of hydrogen-bond acceptors (Lipinski definition) is 5. The first-order chi connectivity index (χ1) is 18.2. The highest BCUT2D eigenvalue weighted by atomic mass is 32.1. The Labute approximate surface area is 221 Å². The predicted molar refractivity (Wildman–Crippen MR) is 156 cm³/mol. The van der Waals surface area contributed by atoms with Crippen LogP contribution in [0.3, 0.4) is 0 Å². The van der Waals surface area contributed by atoms with E-state index in [9.17, 15) is 10.5 Å². The summed E-state index contributed by atoms with van der Waals surface area (Å²) in [5, 5.41) is 23.4. The molecule has 0 radical (unpaired) electrons. The molecule has 0 aliphatic carbocycles. The molecule has 0 fully saturated rings. The number of benzene rings is 5. The fourth-order valence-corrected chi connectivity index (χ4v) is 7.33. The highest BCUT2D eigenvalue weighted by molar-refractivity contribution is 7.26. The minimum atomic E-state index is 0.684. The van der Waals surface area contributed by atoms with E-state index < -0.39 is 0 Å². The minimum Gasteiger partial charge on any atom is -0.310 e. The van der Waals surface area contributed by atoms with E-state index in [2.05, 4.69) is 89.8 Å². The lowest BCUT2D eigenvalue weighted by atomic mass is 10.1. The van der Waals surface area contributed by atoms with Gasteiger partial charge in [0.05, 0.1) is 23.3 Å². The topological polar surface area (TPSA) is 50.8 Å². The average Bonchev–Trinajstić information content (AvgIpc) is 3.49. The van der Waals surface area contributed by atoms with Crippen LogP contribution in [-0.2, 0) is 0 Å². The van der Waals surface area contributed by atoms with Crippen molar-refractivity contribution < 1.29 is 0 Å². The largest absolute Gasteiger partial charge is 0.310 e. The van der Waals surface area contributed by atoms with Crippen LogP contribution in [0.15, 0.2) is 103 Å². The molecule has 0 N–H and O–H groups in total. The second-order valence-corrected chi connectivity index (χ2v) is 11.0. The van der Waals surface area contributed by atoms with Crippen LogP contribution in [0, 0.1) is 22.7 Å². The molecule has 0 aliphatic rings. The molecule has 3 nitrogen and oxygen atoms in total. The predicted octanol–water partition coefficient (Wildman–Crippen LogP) is 9.64. The molecule has 2 aromatic heterocycles. The first-order valence-corrected chi connectivity index (χ1v) is 13.4. The number of anilines is 3. The summed E-state index contributed by atoms with van der Waals surface area (Å²) in [6.07, 6.45) is 0. The molecule has 2 heterocycles. The molecule has 7 rings (SSSR count). The molecule has 0 amide bonds. The second kappa shape index (κ2) is 8.47. The molecule has 5 aromatic carbocycles. The molecule has 0 saturated carbocycles. The van der Waals surface area contributed by atoms with Crippen LogP contribution in [0.4, 0.5) is 17.1 Å². The summed E-state index contributed by atoms with van der Waals surface area (Å²) in [6.45, 7) is 0. The number of thiophene rings is 2. The van der Waals surface area contributed by atoms with Crippen molar-refractivity contribution in [2.45, 2.75) is 0 Å². The lowest BCUT2D eigenvalue weighted by Crippen LogP contribution is -2.09. The van der Waals surface area contributed by atoms with Crippen LogP contribution in [0.2, 0.25) is 0 Å². The number of rotatable bonds is 3. The van der Waals surface area contributed by atoms with Gasteiger partial charge in [-0.1, -0.05) is 42.5 Å². The van der Waals surface area contributed by atoms with Crippen LogP contribution in [0.5, 0.6) is 0 Å².